The van der Waals surface area contributed by atoms with Gasteiger partial charge < -0.3 is 24.3 Å². The van der Waals surface area contributed by atoms with Gasteiger partial charge in [-0.25, -0.2) is 14.8 Å². The number of aliphatic hydroxyl groups excluding tert-OH is 2. The molecule has 4 aromatic rings. The fraction of sp³-hybridized carbons (Fsp3) is 0.263. The highest BCUT2D eigenvalue weighted by Crippen LogP contribution is 2.30. The third kappa shape index (κ3) is 3.82. The van der Waals surface area contributed by atoms with Crippen LogP contribution in [0.25, 0.3) is 16.9 Å². The SMILES string of the molecule is O=C(OC[C@H]1O[C@@H](n2cnc3nc4nccn4c3c2)[C@H](O)[C@@H]1O)c1ccc(S(=O)(=O)F)cc1. The Morgan fingerprint density at radius 1 is 1.18 bits per heavy atom. The van der Waals surface area contributed by atoms with Crippen LogP contribution in [0.5, 0.6) is 0 Å². The number of benzene rings is 1. The van der Waals surface area contributed by atoms with E-state index < -0.39 is 52.2 Å². The van der Waals surface area contributed by atoms with Crippen molar-refractivity contribution < 1.29 is 36.8 Å². The number of aliphatic hydroxyl groups is 2. The second kappa shape index (κ2) is 7.84. The first-order valence-corrected chi connectivity index (χ1v) is 11.0. The van der Waals surface area contributed by atoms with Crippen LogP contribution in [-0.4, -0.2) is 73.4 Å². The Labute approximate surface area is 185 Å². The molecule has 0 saturated carbocycles. The summed E-state index contributed by atoms with van der Waals surface area (Å²) in [5, 5.41) is 20.8. The van der Waals surface area contributed by atoms with Crippen molar-refractivity contribution in [1.82, 2.24) is 23.9 Å². The fourth-order valence-electron chi connectivity index (χ4n) is 3.58. The zero-order valence-corrected chi connectivity index (χ0v) is 17.4. The summed E-state index contributed by atoms with van der Waals surface area (Å²) < 4.78 is 48.7. The van der Waals surface area contributed by atoms with E-state index in [1.54, 1.807) is 23.0 Å². The summed E-state index contributed by atoms with van der Waals surface area (Å²) in [4.78, 5) is 24.2. The van der Waals surface area contributed by atoms with Crippen molar-refractivity contribution >= 4 is 33.1 Å². The normalized spacial score (nSPS) is 23.4. The molecule has 2 N–H and O–H groups in total. The summed E-state index contributed by atoms with van der Waals surface area (Å²) in [7, 11) is -4.88. The van der Waals surface area contributed by atoms with Gasteiger partial charge in [0, 0.05) is 18.6 Å². The quantitative estimate of drug-likeness (QED) is 0.301. The minimum atomic E-state index is -4.88. The Kier molecular flexibility index (Phi) is 5.08. The molecule has 0 amide bonds. The maximum Gasteiger partial charge on any atom is 0.338 e. The molecule has 12 nitrogen and oxygen atoms in total. The van der Waals surface area contributed by atoms with Crippen molar-refractivity contribution in [3.8, 4) is 0 Å². The smallest absolute Gasteiger partial charge is 0.338 e. The number of ether oxygens (including phenoxy) is 2. The molecule has 14 heteroatoms. The summed E-state index contributed by atoms with van der Waals surface area (Å²) in [6, 6.07) is 4.06. The van der Waals surface area contributed by atoms with E-state index in [1.165, 1.54) is 10.9 Å². The Balaban J connectivity index is 1.29. The molecule has 0 spiro atoms. The van der Waals surface area contributed by atoms with Crippen molar-refractivity contribution in [2.75, 3.05) is 6.61 Å². The summed E-state index contributed by atoms with van der Waals surface area (Å²) in [5.41, 5.74) is 1.03. The number of hydrogen-bond acceptors (Lipinski definition) is 10. The number of nitrogens with zero attached hydrogens (tertiary/aromatic N) is 5. The molecular formula is C19H16FN5O7S. The molecule has 1 aliphatic rings. The molecule has 172 valence electrons. The number of halogens is 1. The molecule has 0 aliphatic carbocycles. The van der Waals surface area contributed by atoms with Crippen LogP contribution in [0, 0.1) is 0 Å². The lowest BCUT2D eigenvalue weighted by atomic mass is 10.1. The van der Waals surface area contributed by atoms with E-state index in [0.717, 1.165) is 24.3 Å². The first-order valence-electron chi connectivity index (χ1n) is 9.62. The third-order valence-electron chi connectivity index (χ3n) is 5.28. The summed E-state index contributed by atoms with van der Waals surface area (Å²) in [6.07, 6.45) is 1.55. The van der Waals surface area contributed by atoms with Crippen molar-refractivity contribution in [2.24, 2.45) is 0 Å². The first-order chi connectivity index (χ1) is 15.7. The molecule has 0 radical (unpaired) electrons. The second-order valence-electron chi connectivity index (χ2n) is 7.35. The molecule has 0 unspecified atom stereocenters. The summed E-state index contributed by atoms with van der Waals surface area (Å²) >= 11 is 0. The molecule has 5 rings (SSSR count). The van der Waals surface area contributed by atoms with Crippen molar-refractivity contribution in [1.29, 1.82) is 0 Å². The highest BCUT2D eigenvalue weighted by molar-refractivity contribution is 7.86. The van der Waals surface area contributed by atoms with Gasteiger partial charge in [0.25, 0.3) is 0 Å². The Morgan fingerprint density at radius 3 is 2.67 bits per heavy atom. The van der Waals surface area contributed by atoms with Gasteiger partial charge in [0.1, 0.15) is 30.4 Å². The van der Waals surface area contributed by atoms with Crippen LogP contribution in [0.15, 0.2) is 54.1 Å². The molecule has 4 heterocycles. The van der Waals surface area contributed by atoms with E-state index in [9.17, 15) is 27.3 Å². The second-order valence-corrected chi connectivity index (χ2v) is 8.69. The molecule has 33 heavy (non-hydrogen) atoms. The van der Waals surface area contributed by atoms with Gasteiger partial charge in [-0.05, 0) is 24.3 Å². The zero-order valence-electron chi connectivity index (χ0n) is 16.6. The average molecular weight is 477 g/mol. The minimum absolute atomic E-state index is 0.0240. The molecule has 1 fully saturated rings. The molecule has 1 aromatic carbocycles. The third-order valence-corrected chi connectivity index (χ3v) is 6.12. The topological polar surface area (TPSA) is 158 Å². The predicted octanol–water partition coefficient (Wildman–Crippen LogP) is 0.213. The van der Waals surface area contributed by atoms with Crippen molar-refractivity contribution in [3.63, 3.8) is 0 Å². The van der Waals surface area contributed by atoms with Crippen LogP contribution in [0.3, 0.4) is 0 Å². The van der Waals surface area contributed by atoms with Crippen LogP contribution >= 0.6 is 0 Å². The number of esters is 1. The van der Waals surface area contributed by atoms with Crippen LogP contribution in [0.1, 0.15) is 16.6 Å². The lowest BCUT2D eigenvalue weighted by molar-refractivity contribution is -0.0583. The lowest BCUT2D eigenvalue weighted by Gasteiger charge is -2.18. The van der Waals surface area contributed by atoms with Gasteiger partial charge in [0.2, 0.25) is 5.78 Å². The van der Waals surface area contributed by atoms with E-state index in [1.807, 2.05) is 0 Å². The van der Waals surface area contributed by atoms with E-state index in [0.29, 0.717) is 16.9 Å². The van der Waals surface area contributed by atoms with Gasteiger partial charge >= 0.3 is 16.2 Å². The molecule has 3 aromatic heterocycles. The van der Waals surface area contributed by atoms with Gasteiger partial charge in [-0.15, -0.1) is 3.89 Å². The molecular weight excluding hydrogens is 461 g/mol. The number of carbonyl (C=O) groups is 1. The van der Waals surface area contributed by atoms with E-state index in [-0.39, 0.29) is 5.56 Å². The number of imidazole rings is 2. The summed E-state index contributed by atoms with van der Waals surface area (Å²) in [5.74, 6) is -0.377. The monoisotopic (exact) mass is 477 g/mol. The molecule has 1 aliphatic heterocycles. The van der Waals surface area contributed by atoms with Gasteiger partial charge in [-0.1, -0.05) is 0 Å². The zero-order chi connectivity index (χ0) is 23.3. The van der Waals surface area contributed by atoms with Gasteiger partial charge in [-0.3, -0.25) is 4.40 Å². The maximum atomic E-state index is 13.0. The van der Waals surface area contributed by atoms with Crippen LogP contribution < -0.4 is 0 Å². The number of hydrogen-bond donors (Lipinski definition) is 2. The highest BCUT2D eigenvalue weighted by atomic mass is 32.3. The van der Waals surface area contributed by atoms with Gasteiger partial charge in [0.05, 0.1) is 16.8 Å². The standard InChI is InChI=1S/C19H16FN5O7S/c20-33(29,30)11-3-1-10(2-4-11)18(28)31-8-13-14(26)15(27)17(32-13)24-7-12-16(22-9-24)23-19-21-5-6-25(12)19/h1-7,9,13-15,17,26-27H,8H2/t13-,14-,15-,17-/m1/s1. The van der Waals surface area contributed by atoms with Crippen molar-refractivity contribution in [3.05, 3.63) is 54.7 Å². The molecule has 0 bridgehead atoms. The number of carbonyl (C=O) groups excluding carboxylic acids is 1. The average Bonchev–Trinajstić information content (AvgIpc) is 3.46. The van der Waals surface area contributed by atoms with Gasteiger partial charge in [0.15, 0.2) is 11.9 Å². The highest BCUT2D eigenvalue weighted by Gasteiger charge is 2.44. The van der Waals surface area contributed by atoms with E-state index in [4.69, 9.17) is 9.47 Å². The maximum absolute atomic E-state index is 13.0. The van der Waals surface area contributed by atoms with Crippen LogP contribution in [0.4, 0.5) is 3.89 Å². The molecule has 4 atom stereocenters. The van der Waals surface area contributed by atoms with E-state index >= 15 is 0 Å². The Morgan fingerprint density at radius 2 is 1.94 bits per heavy atom. The lowest BCUT2D eigenvalue weighted by Crippen LogP contribution is -2.34. The fourth-order valence-corrected chi connectivity index (χ4v) is 4.05. The first kappa shape index (κ1) is 21.4. The minimum Gasteiger partial charge on any atom is -0.459 e. The van der Waals surface area contributed by atoms with Crippen LogP contribution in [0.2, 0.25) is 0 Å². The molecule has 1 saturated heterocycles. The number of rotatable bonds is 5. The Hall–Kier alpha value is -3.46. The predicted molar refractivity (Wildman–Crippen MR) is 107 cm³/mol. The van der Waals surface area contributed by atoms with Crippen LogP contribution in [-0.2, 0) is 19.7 Å². The van der Waals surface area contributed by atoms with Crippen molar-refractivity contribution in [2.45, 2.75) is 29.4 Å². The number of aromatic nitrogens is 5. The van der Waals surface area contributed by atoms with Gasteiger partial charge in [-0.2, -0.15) is 13.4 Å². The van der Waals surface area contributed by atoms with E-state index in [2.05, 4.69) is 15.0 Å². The Bertz CT molecular complexity index is 1450. The largest absolute Gasteiger partial charge is 0.459 e. The number of fused-ring (bicyclic) bond motifs is 3. The summed E-state index contributed by atoms with van der Waals surface area (Å²) in [6.45, 7) is -0.392.